The lowest BCUT2D eigenvalue weighted by atomic mass is 10.1. The van der Waals surface area contributed by atoms with Gasteiger partial charge in [-0.1, -0.05) is 17.7 Å². The molecule has 0 radical (unpaired) electrons. The zero-order valence-corrected chi connectivity index (χ0v) is 12.1. The Morgan fingerprint density at radius 1 is 1.24 bits per heavy atom. The highest BCUT2D eigenvalue weighted by Crippen LogP contribution is 2.38. The van der Waals surface area contributed by atoms with Crippen LogP contribution in [-0.2, 0) is 11.2 Å². The van der Waals surface area contributed by atoms with Gasteiger partial charge in [0.2, 0.25) is 5.91 Å². The van der Waals surface area contributed by atoms with E-state index in [1.54, 1.807) is 0 Å². The van der Waals surface area contributed by atoms with E-state index in [1.807, 2.05) is 25.1 Å². The number of anilines is 1. The van der Waals surface area contributed by atoms with Crippen molar-refractivity contribution in [1.29, 1.82) is 0 Å². The smallest absolute Gasteiger partial charge is 0.238 e. The van der Waals surface area contributed by atoms with E-state index in [-0.39, 0.29) is 16.8 Å². The number of halogens is 2. The van der Waals surface area contributed by atoms with Gasteiger partial charge in [-0.15, -0.1) is 11.8 Å². The molecule has 2 aromatic carbocycles. The van der Waals surface area contributed by atoms with Gasteiger partial charge in [0.05, 0.1) is 10.9 Å². The minimum atomic E-state index is -0.638. The summed E-state index contributed by atoms with van der Waals surface area (Å²) in [5, 5.41) is 2.15. The van der Waals surface area contributed by atoms with E-state index in [0.717, 1.165) is 34.2 Å². The van der Waals surface area contributed by atoms with E-state index in [0.29, 0.717) is 6.42 Å². The molecule has 1 atom stereocenters. The van der Waals surface area contributed by atoms with Gasteiger partial charge >= 0.3 is 0 Å². The van der Waals surface area contributed by atoms with Crippen molar-refractivity contribution >= 4 is 23.4 Å². The lowest BCUT2D eigenvalue weighted by molar-refractivity contribution is -0.115. The topological polar surface area (TPSA) is 29.1 Å². The van der Waals surface area contributed by atoms with Crippen molar-refractivity contribution in [3.63, 3.8) is 0 Å². The molecule has 0 bridgehead atoms. The fraction of sp³-hybridized carbons (Fsp3) is 0.188. The number of amides is 1. The van der Waals surface area contributed by atoms with Crippen molar-refractivity contribution in [3.8, 4) is 0 Å². The first-order valence-electron chi connectivity index (χ1n) is 6.55. The van der Waals surface area contributed by atoms with Crippen LogP contribution in [-0.4, -0.2) is 11.2 Å². The largest absolute Gasteiger partial charge is 0.323 e. The molecule has 0 saturated heterocycles. The van der Waals surface area contributed by atoms with Crippen LogP contribution < -0.4 is 5.32 Å². The molecule has 21 heavy (non-hydrogen) atoms. The first-order valence-corrected chi connectivity index (χ1v) is 7.43. The molecule has 0 aromatic heterocycles. The summed E-state index contributed by atoms with van der Waals surface area (Å²) in [7, 11) is 0. The molecule has 2 aromatic rings. The summed E-state index contributed by atoms with van der Waals surface area (Å²) in [6, 6.07) is 9.07. The maximum Gasteiger partial charge on any atom is 0.238 e. The molecule has 0 fully saturated rings. The zero-order chi connectivity index (χ0) is 15.0. The number of rotatable bonds is 2. The van der Waals surface area contributed by atoms with Crippen LogP contribution in [0.3, 0.4) is 0 Å². The molecule has 3 rings (SSSR count). The molecule has 2 nitrogen and oxygen atoms in total. The van der Waals surface area contributed by atoms with E-state index in [2.05, 4.69) is 5.32 Å². The predicted molar refractivity (Wildman–Crippen MR) is 79.5 cm³/mol. The SMILES string of the molecule is Cc1ccc2c(c1)S[C@@H](C(=O)Nc1cc(F)ccc1F)C2. The van der Waals surface area contributed by atoms with E-state index in [4.69, 9.17) is 0 Å². The van der Waals surface area contributed by atoms with Crippen LogP contribution in [0.1, 0.15) is 11.1 Å². The summed E-state index contributed by atoms with van der Waals surface area (Å²) in [6.45, 7) is 2.00. The minimum Gasteiger partial charge on any atom is -0.323 e. The van der Waals surface area contributed by atoms with Crippen LogP contribution in [0.25, 0.3) is 0 Å². The van der Waals surface area contributed by atoms with Gasteiger partial charge in [0.1, 0.15) is 11.6 Å². The third kappa shape index (κ3) is 2.93. The van der Waals surface area contributed by atoms with Gasteiger partial charge in [0, 0.05) is 11.0 Å². The highest BCUT2D eigenvalue weighted by molar-refractivity contribution is 8.01. The zero-order valence-electron chi connectivity index (χ0n) is 11.3. The Labute approximate surface area is 125 Å². The Balaban J connectivity index is 1.74. The van der Waals surface area contributed by atoms with Crippen LogP contribution >= 0.6 is 11.8 Å². The van der Waals surface area contributed by atoms with E-state index in [1.165, 1.54) is 11.8 Å². The monoisotopic (exact) mass is 305 g/mol. The van der Waals surface area contributed by atoms with Crippen molar-refractivity contribution < 1.29 is 13.6 Å². The molecule has 1 aliphatic rings. The standard InChI is InChI=1S/C16H13F2NOS/c1-9-2-3-10-7-15(21-14(10)6-9)16(20)19-13-8-11(17)4-5-12(13)18/h2-6,8,15H,7H2,1H3,(H,19,20)/t15-/m1/s1. The summed E-state index contributed by atoms with van der Waals surface area (Å²) in [6.07, 6.45) is 0.600. The number of hydrogen-bond acceptors (Lipinski definition) is 2. The summed E-state index contributed by atoms with van der Waals surface area (Å²) < 4.78 is 26.7. The van der Waals surface area contributed by atoms with E-state index < -0.39 is 11.6 Å². The summed E-state index contributed by atoms with van der Waals surface area (Å²) >= 11 is 1.46. The molecule has 0 saturated carbocycles. The third-order valence-corrected chi connectivity index (χ3v) is 4.68. The Morgan fingerprint density at radius 2 is 2.05 bits per heavy atom. The van der Waals surface area contributed by atoms with Crippen LogP contribution in [0, 0.1) is 18.6 Å². The fourth-order valence-corrected chi connectivity index (χ4v) is 3.58. The Bertz CT molecular complexity index is 717. The highest BCUT2D eigenvalue weighted by Gasteiger charge is 2.28. The molecule has 5 heteroatoms. The normalized spacial score (nSPS) is 16.6. The molecular formula is C16H13F2NOS. The molecule has 108 valence electrons. The quantitative estimate of drug-likeness (QED) is 0.911. The number of fused-ring (bicyclic) bond motifs is 1. The van der Waals surface area contributed by atoms with Crippen LogP contribution in [0.5, 0.6) is 0 Å². The lowest BCUT2D eigenvalue weighted by Gasteiger charge is -2.10. The highest BCUT2D eigenvalue weighted by atomic mass is 32.2. The number of carbonyl (C=O) groups excluding carboxylic acids is 1. The van der Waals surface area contributed by atoms with Crippen molar-refractivity contribution in [2.24, 2.45) is 0 Å². The second-order valence-corrected chi connectivity index (χ2v) is 6.28. The summed E-state index contributed by atoms with van der Waals surface area (Å²) in [5.74, 6) is -1.52. The molecule has 1 aliphatic heterocycles. The van der Waals surface area contributed by atoms with Crippen molar-refractivity contribution in [3.05, 3.63) is 59.2 Å². The van der Waals surface area contributed by atoms with Crippen molar-refractivity contribution in [2.75, 3.05) is 5.32 Å². The molecule has 1 amide bonds. The number of carbonyl (C=O) groups is 1. The number of aryl methyl sites for hydroxylation is 1. The van der Waals surface area contributed by atoms with Gasteiger partial charge in [-0.2, -0.15) is 0 Å². The second kappa shape index (κ2) is 5.48. The number of thioether (sulfide) groups is 1. The summed E-state index contributed by atoms with van der Waals surface area (Å²) in [5.41, 5.74) is 2.14. The molecule has 0 spiro atoms. The Morgan fingerprint density at radius 3 is 2.86 bits per heavy atom. The Hall–Kier alpha value is -1.88. The lowest BCUT2D eigenvalue weighted by Crippen LogP contribution is -2.25. The summed E-state index contributed by atoms with van der Waals surface area (Å²) in [4.78, 5) is 13.3. The predicted octanol–water partition coefficient (Wildman–Crippen LogP) is 3.93. The maximum atomic E-state index is 13.5. The number of hydrogen-bond donors (Lipinski definition) is 1. The molecule has 0 unspecified atom stereocenters. The molecule has 0 aliphatic carbocycles. The number of benzene rings is 2. The van der Waals surface area contributed by atoms with Crippen molar-refractivity contribution in [1.82, 2.24) is 0 Å². The Kier molecular flexibility index (Phi) is 3.68. The maximum absolute atomic E-state index is 13.5. The van der Waals surface area contributed by atoms with Crippen LogP contribution in [0.2, 0.25) is 0 Å². The van der Waals surface area contributed by atoms with Gasteiger partial charge < -0.3 is 5.32 Å². The molecule has 1 heterocycles. The average Bonchev–Trinajstić information content (AvgIpc) is 2.86. The third-order valence-electron chi connectivity index (χ3n) is 3.38. The van der Waals surface area contributed by atoms with Gasteiger partial charge in [0.15, 0.2) is 0 Å². The van der Waals surface area contributed by atoms with Gasteiger partial charge in [-0.25, -0.2) is 8.78 Å². The van der Waals surface area contributed by atoms with Crippen LogP contribution in [0.15, 0.2) is 41.3 Å². The molecule has 1 N–H and O–H groups in total. The first-order chi connectivity index (χ1) is 10.0. The number of nitrogens with one attached hydrogen (secondary N) is 1. The van der Waals surface area contributed by atoms with Gasteiger partial charge in [-0.3, -0.25) is 4.79 Å². The second-order valence-electron chi connectivity index (χ2n) is 5.04. The van der Waals surface area contributed by atoms with E-state index in [9.17, 15) is 13.6 Å². The van der Waals surface area contributed by atoms with Crippen LogP contribution in [0.4, 0.5) is 14.5 Å². The van der Waals surface area contributed by atoms with E-state index >= 15 is 0 Å². The minimum absolute atomic E-state index is 0.118. The van der Waals surface area contributed by atoms with Gasteiger partial charge in [-0.05, 0) is 37.1 Å². The molecular weight excluding hydrogens is 292 g/mol. The first kappa shape index (κ1) is 14.1. The fourth-order valence-electron chi connectivity index (χ4n) is 2.29. The average molecular weight is 305 g/mol. The van der Waals surface area contributed by atoms with Gasteiger partial charge in [0.25, 0.3) is 0 Å². The van der Waals surface area contributed by atoms with Crippen molar-refractivity contribution in [2.45, 2.75) is 23.5 Å².